The first-order valence-electron chi connectivity index (χ1n) is 6.46. The maximum atomic E-state index is 9.54. The highest BCUT2D eigenvalue weighted by atomic mass is 15.2. The molecule has 2 heteroatoms. The highest BCUT2D eigenvalue weighted by Gasteiger charge is 2.45. The van der Waals surface area contributed by atoms with Gasteiger partial charge in [-0.3, -0.25) is 4.90 Å². The number of likely N-dealkylation sites (tertiary alicyclic amines) is 1. The van der Waals surface area contributed by atoms with Gasteiger partial charge in [0, 0.05) is 0 Å². The first kappa shape index (κ1) is 11.0. The second-order valence-corrected chi connectivity index (χ2v) is 5.23. The fourth-order valence-corrected chi connectivity index (χ4v) is 3.34. The second kappa shape index (κ2) is 4.53. The molecule has 2 fully saturated rings. The lowest BCUT2D eigenvalue weighted by atomic mass is 9.87. The molecule has 1 heterocycles. The van der Waals surface area contributed by atoms with Crippen molar-refractivity contribution in [2.75, 3.05) is 13.1 Å². The summed E-state index contributed by atoms with van der Waals surface area (Å²) in [5, 5.41) is 9.54. The standard InChI is InChI=1S/C13H22N2/c1-12-7-6-8-13(12,11-14)15-9-4-2-3-5-10-15/h12H,2-10H2,1H3. The Bertz CT molecular complexity index is 248. The van der Waals surface area contributed by atoms with Gasteiger partial charge in [-0.25, -0.2) is 0 Å². The van der Waals surface area contributed by atoms with Crippen molar-refractivity contribution < 1.29 is 0 Å². The van der Waals surface area contributed by atoms with Crippen LogP contribution in [0.3, 0.4) is 0 Å². The number of rotatable bonds is 1. The van der Waals surface area contributed by atoms with Gasteiger partial charge in [-0.2, -0.15) is 5.26 Å². The van der Waals surface area contributed by atoms with E-state index in [0.717, 1.165) is 19.5 Å². The van der Waals surface area contributed by atoms with E-state index >= 15 is 0 Å². The van der Waals surface area contributed by atoms with Crippen LogP contribution in [-0.2, 0) is 0 Å². The Morgan fingerprint density at radius 2 is 1.80 bits per heavy atom. The highest BCUT2D eigenvalue weighted by molar-refractivity contribution is 5.14. The fourth-order valence-electron chi connectivity index (χ4n) is 3.34. The number of nitrogens with zero attached hydrogens (tertiary/aromatic N) is 2. The quantitative estimate of drug-likeness (QED) is 0.659. The monoisotopic (exact) mass is 206 g/mol. The minimum Gasteiger partial charge on any atom is -0.285 e. The predicted molar refractivity (Wildman–Crippen MR) is 61.4 cm³/mol. The van der Waals surface area contributed by atoms with Gasteiger partial charge in [-0.1, -0.05) is 26.2 Å². The van der Waals surface area contributed by atoms with E-state index < -0.39 is 0 Å². The fraction of sp³-hybridized carbons (Fsp3) is 0.923. The molecule has 2 unspecified atom stereocenters. The molecule has 0 N–H and O–H groups in total. The highest BCUT2D eigenvalue weighted by Crippen LogP contribution is 2.40. The van der Waals surface area contributed by atoms with Crippen molar-refractivity contribution in [2.45, 2.75) is 57.4 Å². The van der Waals surface area contributed by atoms with E-state index in [1.807, 2.05) is 0 Å². The molecule has 1 saturated carbocycles. The Hall–Kier alpha value is -0.550. The smallest absolute Gasteiger partial charge is 0.111 e. The lowest BCUT2D eigenvalue weighted by Crippen LogP contribution is -2.50. The molecular formula is C13H22N2. The van der Waals surface area contributed by atoms with Crippen molar-refractivity contribution in [2.24, 2.45) is 5.92 Å². The summed E-state index contributed by atoms with van der Waals surface area (Å²) in [5.41, 5.74) is -0.107. The molecule has 0 spiro atoms. The molecule has 2 atom stereocenters. The SMILES string of the molecule is CC1CCCC1(C#N)N1CCCCCC1. The van der Waals surface area contributed by atoms with Crippen LogP contribution in [0, 0.1) is 17.2 Å². The summed E-state index contributed by atoms with van der Waals surface area (Å²) < 4.78 is 0. The molecule has 0 radical (unpaired) electrons. The zero-order chi connectivity index (χ0) is 10.7. The third kappa shape index (κ3) is 1.90. The van der Waals surface area contributed by atoms with Crippen LogP contribution in [0.25, 0.3) is 0 Å². The lowest BCUT2D eigenvalue weighted by Gasteiger charge is -2.38. The largest absolute Gasteiger partial charge is 0.285 e. The Balaban J connectivity index is 2.14. The molecular weight excluding hydrogens is 184 g/mol. The van der Waals surface area contributed by atoms with Gasteiger partial charge in [0.25, 0.3) is 0 Å². The zero-order valence-electron chi connectivity index (χ0n) is 9.84. The molecule has 0 bridgehead atoms. The van der Waals surface area contributed by atoms with Crippen molar-refractivity contribution >= 4 is 0 Å². The Kier molecular flexibility index (Phi) is 3.31. The predicted octanol–water partition coefficient (Wildman–Crippen LogP) is 2.94. The summed E-state index contributed by atoms with van der Waals surface area (Å²) in [6.07, 6.45) is 8.87. The summed E-state index contributed by atoms with van der Waals surface area (Å²) in [4.78, 5) is 2.50. The second-order valence-electron chi connectivity index (χ2n) is 5.23. The summed E-state index contributed by atoms with van der Waals surface area (Å²) in [7, 11) is 0. The summed E-state index contributed by atoms with van der Waals surface area (Å²) in [5.74, 6) is 0.570. The van der Waals surface area contributed by atoms with Crippen LogP contribution in [0.5, 0.6) is 0 Å². The van der Waals surface area contributed by atoms with Crippen molar-refractivity contribution in [3.63, 3.8) is 0 Å². The van der Waals surface area contributed by atoms with Crippen LogP contribution in [0.1, 0.15) is 51.9 Å². The van der Waals surface area contributed by atoms with Crippen LogP contribution < -0.4 is 0 Å². The van der Waals surface area contributed by atoms with Crippen molar-refractivity contribution in [1.29, 1.82) is 5.26 Å². The average Bonchev–Trinajstić information content (AvgIpc) is 2.49. The molecule has 2 aliphatic rings. The first-order valence-corrected chi connectivity index (χ1v) is 6.46. The van der Waals surface area contributed by atoms with E-state index in [2.05, 4.69) is 17.9 Å². The van der Waals surface area contributed by atoms with Crippen LogP contribution >= 0.6 is 0 Å². The molecule has 1 aliphatic heterocycles. The van der Waals surface area contributed by atoms with Gasteiger partial charge in [0.15, 0.2) is 0 Å². The first-order chi connectivity index (χ1) is 7.29. The zero-order valence-corrected chi connectivity index (χ0v) is 9.84. The molecule has 84 valence electrons. The molecule has 1 aliphatic carbocycles. The van der Waals surface area contributed by atoms with Gasteiger partial charge in [-0.15, -0.1) is 0 Å². The van der Waals surface area contributed by atoms with Crippen molar-refractivity contribution in [1.82, 2.24) is 4.90 Å². The van der Waals surface area contributed by atoms with E-state index in [-0.39, 0.29) is 5.54 Å². The Labute approximate surface area is 93.3 Å². The molecule has 0 aromatic rings. The maximum absolute atomic E-state index is 9.54. The van der Waals surface area contributed by atoms with Crippen LogP contribution in [-0.4, -0.2) is 23.5 Å². The van der Waals surface area contributed by atoms with E-state index in [1.165, 1.54) is 38.5 Å². The lowest BCUT2D eigenvalue weighted by molar-refractivity contribution is 0.110. The van der Waals surface area contributed by atoms with E-state index in [9.17, 15) is 5.26 Å². The van der Waals surface area contributed by atoms with Gasteiger partial charge < -0.3 is 0 Å². The van der Waals surface area contributed by atoms with E-state index in [4.69, 9.17) is 0 Å². The van der Waals surface area contributed by atoms with E-state index in [1.54, 1.807) is 0 Å². The molecule has 2 rings (SSSR count). The van der Waals surface area contributed by atoms with Gasteiger partial charge >= 0.3 is 0 Å². The number of hydrogen-bond donors (Lipinski definition) is 0. The van der Waals surface area contributed by atoms with Gasteiger partial charge in [0.1, 0.15) is 5.54 Å². The van der Waals surface area contributed by atoms with Crippen LogP contribution in [0.15, 0.2) is 0 Å². The molecule has 1 saturated heterocycles. The average molecular weight is 206 g/mol. The van der Waals surface area contributed by atoms with Crippen molar-refractivity contribution in [3.8, 4) is 6.07 Å². The Morgan fingerprint density at radius 3 is 2.27 bits per heavy atom. The van der Waals surface area contributed by atoms with Crippen molar-refractivity contribution in [3.05, 3.63) is 0 Å². The molecule has 0 aromatic heterocycles. The number of nitriles is 1. The maximum Gasteiger partial charge on any atom is 0.111 e. The summed E-state index contributed by atoms with van der Waals surface area (Å²) in [6.45, 7) is 4.57. The normalized spacial score (nSPS) is 38.5. The number of hydrogen-bond acceptors (Lipinski definition) is 2. The minimum atomic E-state index is -0.107. The minimum absolute atomic E-state index is 0.107. The van der Waals surface area contributed by atoms with Crippen LogP contribution in [0.2, 0.25) is 0 Å². The molecule has 15 heavy (non-hydrogen) atoms. The topological polar surface area (TPSA) is 27.0 Å². The van der Waals surface area contributed by atoms with Crippen LogP contribution in [0.4, 0.5) is 0 Å². The molecule has 0 amide bonds. The van der Waals surface area contributed by atoms with Gasteiger partial charge in [0.2, 0.25) is 0 Å². The van der Waals surface area contributed by atoms with Gasteiger partial charge in [0.05, 0.1) is 6.07 Å². The van der Waals surface area contributed by atoms with E-state index in [0.29, 0.717) is 5.92 Å². The molecule has 0 aromatic carbocycles. The third-order valence-electron chi connectivity index (χ3n) is 4.37. The summed E-state index contributed by atoms with van der Waals surface area (Å²) in [6, 6.07) is 2.65. The molecule has 2 nitrogen and oxygen atoms in total. The summed E-state index contributed by atoms with van der Waals surface area (Å²) >= 11 is 0. The van der Waals surface area contributed by atoms with Gasteiger partial charge in [-0.05, 0) is 44.7 Å². The Morgan fingerprint density at radius 1 is 1.13 bits per heavy atom. The third-order valence-corrected chi connectivity index (χ3v) is 4.37.